The summed E-state index contributed by atoms with van der Waals surface area (Å²) in [5.41, 5.74) is 5.86. The lowest BCUT2D eigenvalue weighted by atomic mass is 10.1. The zero-order valence-electron chi connectivity index (χ0n) is 9.31. The molecule has 0 radical (unpaired) electrons. The summed E-state index contributed by atoms with van der Waals surface area (Å²) >= 11 is 0. The van der Waals surface area contributed by atoms with Crippen LogP contribution in [0.15, 0.2) is 24.5 Å². The van der Waals surface area contributed by atoms with Gasteiger partial charge in [0.2, 0.25) is 5.91 Å². The second kappa shape index (κ2) is 5.37. The van der Waals surface area contributed by atoms with E-state index in [1.807, 2.05) is 0 Å². The van der Waals surface area contributed by atoms with Gasteiger partial charge in [-0.3, -0.25) is 14.6 Å². The molecule has 0 saturated carbocycles. The van der Waals surface area contributed by atoms with Crippen molar-refractivity contribution in [1.82, 2.24) is 10.3 Å². The number of nitrogens with one attached hydrogen (secondary N) is 1. The Kier molecular flexibility index (Phi) is 4.13. The topological polar surface area (TPSA) is 85.1 Å². The molecule has 0 spiro atoms. The lowest BCUT2D eigenvalue weighted by molar-refractivity contribution is -0.122. The van der Waals surface area contributed by atoms with E-state index in [-0.39, 0.29) is 11.7 Å². The third-order valence-electron chi connectivity index (χ3n) is 2.11. The highest BCUT2D eigenvalue weighted by Crippen LogP contribution is 2.01. The smallest absolute Gasteiger partial charge is 0.237 e. The van der Waals surface area contributed by atoms with Gasteiger partial charge < -0.3 is 11.1 Å². The van der Waals surface area contributed by atoms with Crippen LogP contribution in [0, 0.1) is 0 Å². The molecule has 0 aliphatic rings. The Labute approximate surface area is 94.1 Å². The van der Waals surface area contributed by atoms with Gasteiger partial charge in [0.1, 0.15) is 0 Å². The van der Waals surface area contributed by atoms with Crippen molar-refractivity contribution in [3.63, 3.8) is 0 Å². The number of ketones is 1. The van der Waals surface area contributed by atoms with E-state index in [9.17, 15) is 9.59 Å². The van der Waals surface area contributed by atoms with Crippen LogP contribution in [-0.2, 0) is 4.79 Å². The number of carbonyl (C=O) groups is 2. The normalized spacial score (nSPS) is 13.9. The Balaban J connectivity index is 2.65. The van der Waals surface area contributed by atoms with Gasteiger partial charge in [-0.1, -0.05) is 0 Å². The molecule has 1 rings (SSSR count). The molecule has 16 heavy (non-hydrogen) atoms. The predicted molar refractivity (Wildman–Crippen MR) is 59.8 cm³/mol. The van der Waals surface area contributed by atoms with Crippen LogP contribution in [0.5, 0.6) is 0 Å². The van der Waals surface area contributed by atoms with Gasteiger partial charge in [-0.2, -0.15) is 0 Å². The molecule has 86 valence electrons. The van der Waals surface area contributed by atoms with E-state index in [0.29, 0.717) is 5.56 Å². The van der Waals surface area contributed by atoms with E-state index in [2.05, 4.69) is 10.3 Å². The van der Waals surface area contributed by atoms with Crippen molar-refractivity contribution in [2.24, 2.45) is 5.73 Å². The van der Waals surface area contributed by atoms with Crippen LogP contribution in [0.25, 0.3) is 0 Å². The van der Waals surface area contributed by atoms with Gasteiger partial charge in [-0.25, -0.2) is 0 Å². The molecule has 1 aromatic heterocycles. The van der Waals surface area contributed by atoms with Gasteiger partial charge in [0.25, 0.3) is 0 Å². The van der Waals surface area contributed by atoms with Crippen LogP contribution in [0.2, 0.25) is 0 Å². The molecule has 5 nitrogen and oxygen atoms in total. The van der Waals surface area contributed by atoms with Crippen molar-refractivity contribution in [1.29, 1.82) is 0 Å². The molecule has 0 aliphatic heterocycles. The first kappa shape index (κ1) is 12.3. The molecule has 1 aromatic rings. The third-order valence-corrected chi connectivity index (χ3v) is 2.11. The Morgan fingerprint density at radius 1 is 1.44 bits per heavy atom. The second-order valence-corrected chi connectivity index (χ2v) is 3.62. The van der Waals surface area contributed by atoms with E-state index in [0.717, 1.165) is 0 Å². The summed E-state index contributed by atoms with van der Waals surface area (Å²) < 4.78 is 0. The van der Waals surface area contributed by atoms with Gasteiger partial charge in [0, 0.05) is 18.0 Å². The first-order valence-corrected chi connectivity index (χ1v) is 5.02. The number of rotatable bonds is 4. The molecule has 1 amide bonds. The maximum absolute atomic E-state index is 11.8. The zero-order valence-corrected chi connectivity index (χ0v) is 9.31. The van der Waals surface area contributed by atoms with Gasteiger partial charge in [-0.15, -0.1) is 0 Å². The van der Waals surface area contributed by atoms with Crippen LogP contribution >= 0.6 is 0 Å². The SMILES string of the molecule is C[C@H](N)C(=O)N[C@@H](C)C(=O)c1cccnc1. The van der Waals surface area contributed by atoms with Crippen molar-refractivity contribution in [2.45, 2.75) is 25.9 Å². The summed E-state index contributed by atoms with van der Waals surface area (Å²) in [5, 5.41) is 2.54. The fourth-order valence-corrected chi connectivity index (χ4v) is 1.17. The molecule has 0 aromatic carbocycles. The summed E-state index contributed by atoms with van der Waals surface area (Å²) in [6.45, 7) is 3.19. The van der Waals surface area contributed by atoms with Crippen LogP contribution in [0.1, 0.15) is 24.2 Å². The van der Waals surface area contributed by atoms with Crippen LogP contribution in [0.4, 0.5) is 0 Å². The number of amides is 1. The molecule has 0 fully saturated rings. The minimum Gasteiger partial charge on any atom is -0.345 e. The standard InChI is InChI=1S/C11H15N3O2/c1-7(12)11(16)14-8(2)10(15)9-4-3-5-13-6-9/h3-8H,12H2,1-2H3,(H,14,16)/t7-,8-/m0/s1. The summed E-state index contributed by atoms with van der Waals surface area (Å²) in [6, 6.07) is 2.11. The molecule has 3 N–H and O–H groups in total. The zero-order chi connectivity index (χ0) is 12.1. The van der Waals surface area contributed by atoms with Crippen LogP contribution in [0.3, 0.4) is 0 Å². The Bertz CT molecular complexity index is 376. The van der Waals surface area contributed by atoms with Crippen molar-refractivity contribution in [2.75, 3.05) is 0 Å². The maximum atomic E-state index is 11.8. The fraction of sp³-hybridized carbons (Fsp3) is 0.364. The van der Waals surface area contributed by atoms with Crippen molar-refractivity contribution in [3.05, 3.63) is 30.1 Å². The molecular formula is C11H15N3O2. The van der Waals surface area contributed by atoms with Crippen LogP contribution in [-0.4, -0.2) is 28.8 Å². The van der Waals surface area contributed by atoms with E-state index in [4.69, 9.17) is 5.73 Å². The highest BCUT2D eigenvalue weighted by Gasteiger charge is 2.18. The summed E-state index contributed by atoms with van der Waals surface area (Å²) in [7, 11) is 0. The quantitative estimate of drug-likeness (QED) is 0.707. The number of hydrogen-bond acceptors (Lipinski definition) is 4. The van der Waals surface area contributed by atoms with E-state index >= 15 is 0 Å². The Hall–Kier alpha value is -1.75. The van der Waals surface area contributed by atoms with Gasteiger partial charge in [0.05, 0.1) is 12.1 Å². The number of Topliss-reactive ketones (excluding diaryl/α,β-unsaturated/α-hetero) is 1. The molecule has 0 saturated heterocycles. The minimum absolute atomic E-state index is 0.179. The molecule has 0 bridgehead atoms. The first-order chi connectivity index (χ1) is 7.52. The van der Waals surface area contributed by atoms with Gasteiger partial charge >= 0.3 is 0 Å². The average molecular weight is 221 g/mol. The van der Waals surface area contributed by atoms with Crippen LogP contribution < -0.4 is 11.1 Å². The Morgan fingerprint density at radius 3 is 2.62 bits per heavy atom. The van der Waals surface area contributed by atoms with Crippen molar-refractivity contribution >= 4 is 11.7 Å². The first-order valence-electron chi connectivity index (χ1n) is 5.02. The van der Waals surface area contributed by atoms with Crippen molar-refractivity contribution < 1.29 is 9.59 Å². The van der Waals surface area contributed by atoms with Gasteiger partial charge in [-0.05, 0) is 26.0 Å². The van der Waals surface area contributed by atoms with Crippen molar-refractivity contribution in [3.8, 4) is 0 Å². The number of aromatic nitrogens is 1. The number of pyridine rings is 1. The summed E-state index contributed by atoms with van der Waals surface area (Å²) in [6.07, 6.45) is 3.05. The number of carbonyl (C=O) groups excluding carboxylic acids is 2. The summed E-state index contributed by atoms with van der Waals surface area (Å²) in [5.74, 6) is -0.521. The Morgan fingerprint density at radius 2 is 2.12 bits per heavy atom. The fourth-order valence-electron chi connectivity index (χ4n) is 1.17. The predicted octanol–water partition coefficient (Wildman–Crippen LogP) is 0.116. The largest absolute Gasteiger partial charge is 0.345 e. The highest BCUT2D eigenvalue weighted by molar-refractivity contribution is 6.01. The lowest BCUT2D eigenvalue weighted by Gasteiger charge is -2.14. The number of hydrogen-bond donors (Lipinski definition) is 2. The second-order valence-electron chi connectivity index (χ2n) is 3.62. The number of nitrogens with two attached hydrogens (primary N) is 1. The molecule has 0 aliphatic carbocycles. The monoisotopic (exact) mass is 221 g/mol. The lowest BCUT2D eigenvalue weighted by Crippen LogP contribution is -2.45. The molecule has 2 atom stereocenters. The minimum atomic E-state index is -0.621. The van der Waals surface area contributed by atoms with E-state index in [1.165, 1.54) is 6.20 Å². The molecule has 5 heteroatoms. The van der Waals surface area contributed by atoms with E-state index in [1.54, 1.807) is 32.2 Å². The summed E-state index contributed by atoms with van der Waals surface area (Å²) in [4.78, 5) is 26.9. The van der Waals surface area contributed by atoms with E-state index < -0.39 is 12.1 Å². The number of nitrogens with zero attached hydrogens (tertiary/aromatic N) is 1. The molecule has 0 unspecified atom stereocenters. The third kappa shape index (κ3) is 3.13. The molecular weight excluding hydrogens is 206 g/mol. The molecule has 1 heterocycles. The average Bonchev–Trinajstić information content (AvgIpc) is 2.28. The van der Waals surface area contributed by atoms with Gasteiger partial charge in [0.15, 0.2) is 5.78 Å². The highest BCUT2D eigenvalue weighted by atomic mass is 16.2. The maximum Gasteiger partial charge on any atom is 0.237 e.